The van der Waals surface area contributed by atoms with Gasteiger partial charge in [0.2, 0.25) is 0 Å². The highest BCUT2D eigenvalue weighted by atomic mass is 19.4. The molecule has 0 saturated carbocycles. The zero-order valence-corrected chi connectivity index (χ0v) is 19.3. The summed E-state index contributed by atoms with van der Waals surface area (Å²) >= 11 is 0. The molecule has 2 aliphatic rings. The van der Waals surface area contributed by atoms with Gasteiger partial charge in [-0.15, -0.1) is 5.06 Å². The highest BCUT2D eigenvalue weighted by molar-refractivity contribution is 5.84. The Balaban J connectivity index is 1.30. The maximum absolute atomic E-state index is 12.7. The lowest BCUT2D eigenvalue weighted by Gasteiger charge is -2.35. The van der Waals surface area contributed by atoms with Crippen molar-refractivity contribution in [3.8, 4) is 0 Å². The number of carbonyl (C=O) groups is 1. The molecule has 2 aliphatic heterocycles. The summed E-state index contributed by atoms with van der Waals surface area (Å²) in [5, 5.41) is 3.97. The summed E-state index contributed by atoms with van der Waals surface area (Å²) in [4.78, 5) is 23.4. The van der Waals surface area contributed by atoms with E-state index in [-0.39, 0.29) is 11.1 Å². The molecular weight excluding hydrogens is 447 g/mol. The molecule has 0 aliphatic carbocycles. The molecule has 9 heteroatoms. The number of hydroxylamine groups is 3. The zero-order chi connectivity index (χ0) is 24.6. The van der Waals surface area contributed by atoms with Crippen molar-refractivity contribution in [2.45, 2.75) is 50.8 Å². The lowest BCUT2D eigenvalue weighted by atomic mass is 9.86. The van der Waals surface area contributed by atoms with E-state index in [1.807, 2.05) is 0 Å². The Hall–Kier alpha value is -3.04. The summed E-state index contributed by atoms with van der Waals surface area (Å²) in [5.41, 5.74) is 5.28. The molecule has 0 radical (unpaired) electrons. The minimum absolute atomic E-state index is 0.0827. The van der Waals surface area contributed by atoms with Crippen LogP contribution in [-0.2, 0) is 21.3 Å². The van der Waals surface area contributed by atoms with Crippen molar-refractivity contribution in [3.05, 3.63) is 71.3 Å². The number of hydrogen-bond acceptors (Lipinski definition) is 5. The van der Waals surface area contributed by atoms with Crippen LogP contribution in [0.1, 0.15) is 50.3 Å². The molecule has 1 saturated heterocycles. The Morgan fingerprint density at radius 3 is 2.15 bits per heavy atom. The number of benzene rings is 2. The molecule has 2 N–H and O–H groups in total. The van der Waals surface area contributed by atoms with Crippen LogP contribution in [0.5, 0.6) is 0 Å². The van der Waals surface area contributed by atoms with Crippen LogP contribution in [0.2, 0.25) is 0 Å². The summed E-state index contributed by atoms with van der Waals surface area (Å²) in [6.07, 6.45) is -1.88. The van der Waals surface area contributed by atoms with E-state index in [4.69, 9.17) is 9.68 Å². The average Bonchev–Trinajstić information content (AvgIpc) is 3.18. The third-order valence-electron chi connectivity index (χ3n) is 6.07. The molecule has 0 atom stereocenters. The van der Waals surface area contributed by atoms with Crippen LogP contribution in [0.4, 0.5) is 23.7 Å². The fraction of sp³-hybridized carbons (Fsp3) is 0.400. The lowest BCUT2D eigenvalue weighted by molar-refractivity contribution is -0.153. The average molecular weight is 476 g/mol. The second-order valence-electron chi connectivity index (χ2n) is 9.66. The Labute approximate surface area is 196 Å². The van der Waals surface area contributed by atoms with Crippen LogP contribution in [0.3, 0.4) is 0 Å². The summed E-state index contributed by atoms with van der Waals surface area (Å²) < 4.78 is 38.0. The molecule has 34 heavy (non-hydrogen) atoms. The second-order valence-corrected chi connectivity index (χ2v) is 9.66. The molecule has 4 rings (SSSR count). The fourth-order valence-corrected chi connectivity index (χ4v) is 3.97. The second kappa shape index (κ2) is 8.96. The van der Waals surface area contributed by atoms with Gasteiger partial charge >= 0.3 is 12.3 Å². The quantitative estimate of drug-likeness (QED) is 0.581. The van der Waals surface area contributed by atoms with Crippen molar-refractivity contribution in [1.82, 2.24) is 10.5 Å². The minimum Gasteiger partial charge on any atom is -0.351 e. The highest BCUT2D eigenvalue weighted by Crippen LogP contribution is 2.35. The van der Waals surface area contributed by atoms with E-state index in [0.29, 0.717) is 25.9 Å². The molecule has 1 spiro atoms. The number of nitrogens with one attached hydrogen (secondary N) is 2. The Bertz CT molecular complexity index is 1050. The molecule has 2 aromatic carbocycles. The highest BCUT2D eigenvalue weighted by Gasteiger charge is 2.40. The van der Waals surface area contributed by atoms with E-state index in [0.717, 1.165) is 23.4 Å². The molecule has 182 valence electrons. The summed E-state index contributed by atoms with van der Waals surface area (Å²) in [5.74, 6) is 0. The van der Waals surface area contributed by atoms with Crippen molar-refractivity contribution in [2.24, 2.45) is 0 Å². The Morgan fingerprint density at radius 2 is 1.59 bits per heavy atom. The maximum Gasteiger partial charge on any atom is 0.430 e. The first kappa shape index (κ1) is 24.1. The van der Waals surface area contributed by atoms with Gasteiger partial charge in [0.15, 0.2) is 0 Å². The van der Waals surface area contributed by atoms with Crippen LogP contribution in [-0.4, -0.2) is 29.8 Å². The van der Waals surface area contributed by atoms with E-state index < -0.39 is 23.4 Å². The number of halogens is 3. The van der Waals surface area contributed by atoms with Crippen LogP contribution >= 0.6 is 0 Å². The van der Waals surface area contributed by atoms with Gasteiger partial charge in [0.25, 0.3) is 0 Å². The van der Waals surface area contributed by atoms with E-state index >= 15 is 0 Å². The Morgan fingerprint density at radius 1 is 1.00 bits per heavy atom. The monoisotopic (exact) mass is 475 g/mol. The third kappa shape index (κ3) is 5.53. The van der Waals surface area contributed by atoms with Gasteiger partial charge in [-0.3, -0.25) is 15.6 Å². The molecule has 1 amide bonds. The lowest BCUT2D eigenvalue weighted by Crippen LogP contribution is -2.45. The van der Waals surface area contributed by atoms with Crippen molar-refractivity contribution in [3.63, 3.8) is 0 Å². The Kier molecular flexibility index (Phi) is 6.35. The zero-order valence-electron chi connectivity index (χ0n) is 19.3. The number of piperidine rings is 1. The van der Waals surface area contributed by atoms with Gasteiger partial charge in [0.05, 0.1) is 11.3 Å². The molecule has 2 aromatic rings. The summed E-state index contributed by atoms with van der Waals surface area (Å²) in [6, 6.07) is 12.6. The van der Waals surface area contributed by atoms with Crippen LogP contribution in [0.25, 0.3) is 5.70 Å². The van der Waals surface area contributed by atoms with E-state index in [1.54, 1.807) is 0 Å². The molecule has 0 bridgehead atoms. The van der Waals surface area contributed by atoms with Gasteiger partial charge in [-0.1, -0.05) is 45.0 Å². The van der Waals surface area contributed by atoms with Gasteiger partial charge in [-0.25, -0.2) is 4.79 Å². The van der Waals surface area contributed by atoms with Crippen LogP contribution < -0.4 is 10.8 Å². The van der Waals surface area contributed by atoms with Crippen LogP contribution in [0, 0.1) is 0 Å². The van der Waals surface area contributed by atoms with Gasteiger partial charge in [-0.05, 0) is 59.7 Å². The minimum atomic E-state index is -4.43. The third-order valence-corrected chi connectivity index (χ3v) is 6.07. The van der Waals surface area contributed by atoms with Crippen molar-refractivity contribution in [1.29, 1.82) is 0 Å². The molecule has 0 unspecified atom stereocenters. The first-order valence-electron chi connectivity index (χ1n) is 11.1. The SMILES string of the molecule is CC(C)(C)c1ccc(C2=CC3(CCN(OC(=O)Nc4ccc(C(F)(F)F)cc4)CC3)ON2)cc1. The maximum atomic E-state index is 12.7. The topological polar surface area (TPSA) is 62.8 Å². The van der Waals surface area contributed by atoms with Gasteiger partial charge < -0.3 is 4.84 Å². The van der Waals surface area contributed by atoms with Gasteiger partial charge in [-0.2, -0.15) is 13.2 Å². The standard InChI is InChI=1S/C25H28F3N3O3/c1-23(2,3)18-6-4-17(5-7-18)21-16-24(34-30-21)12-14-31(15-13-24)33-22(32)29-20-10-8-19(9-11-20)25(26,27)28/h4-11,16,30H,12-15H2,1-3H3,(H,29,32). The number of hydrogen-bond donors (Lipinski definition) is 2. The molecular formula is C25H28F3N3O3. The number of alkyl halides is 3. The smallest absolute Gasteiger partial charge is 0.351 e. The molecule has 6 nitrogen and oxygen atoms in total. The first-order chi connectivity index (χ1) is 15.9. The molecule has 0 aromatic heterocycles. The van der Waals surface area contributed by atoms with Gasteiger partial charge in [0.1, 0.15) is 5.60 Å². The summed E-state index contributed by atoms with van der Waals surface area (Å²) in [6.45, 7) is 7.43. The normalized spacial score (nSPS) is 18.4. The number of anilines is 1. The number of rotatable bonds is 3. The summed E-state index contributed by atoms with van der Waals surface area (Å²) in [7, 11) is 0. The van der Waals surface area contributed by atoms with E-state index in [9.17, 15) is 18.0 Å². The van der Waals surface area contributed by atoms with Crippen molar-refractivity contribution < 1.29 is 27.6 Å². The van der Waals surface area contributed by atoms with Gasteiger partial charge in [0, 0.05) is 18.8 Å². The first-order valence-corrected chi connectivity index (χ1v) is 11.1. The predicted molar refractivity (Wildman–Crippen MR) is 122 cm³/mol. The van der Waals surface area contributed by atoms with E-state index in [1.165, 1.54) is 22.8 Å². The molecule has 2 heterocycles. The van der Waals surface area contributed by atoms with Crippen LogP contribution in [0.15, 0.2) is 54.6 Å². The number of nitrogens with zero attached hydrogens (tertiary/aromatic N) is 1. The number of carbonyl (C=O) groups excluding carboxylic acids is 1. The largest absolute Gasteiger partial charge is 0.430 e. The van der Waals surface area contributed by atoms with E-state index in [2.05, 4.69) is 61.9 Å². The van der Waals surface area contributed by atoms with Crippen molar-refractivity contribution in [2.75, 3.05) is 18.4 Å². The fourth-order valence-electron chi connectivity index (χ4n) is 3.97. The predicted octanol–water partition coefficient (Wildman–Crippen LogP) is 5.88. The molecule has 1 fully saturated rings. The van der Waals surface area contributed by atoms with Crippen molar-refractivity contribution >= 4 is 17.5 Å². The number of amides is 1.